The van der Waals surface area contributed by atoms with Crippen LogP contribution < -0.4 is 10.5 Å². The summed E-state index contributed by atoms with van der Waals surface area (Å²) in [6, 6.07) is 14.9. The van der Waals surface area contributed by atoms with Gasteiger partial charge in [0.05, 0.1) is 0 Å². The molecule has 0 saturated heterocycles. The number of benzene rings is 2. The van der Waals surface area contributed by atoms with Crippen molar-refractivity contribution >= 4 is 0 Å². The van der Waals surface area contributed by atoms with Crippen molar-refractivity contribution in [3.63, 3.8) is 0 Å². The lowest BCUT2D eigenvalue weighted by atomic mass is 10.1. The molecule has 2 aromatic rings. The van der Waals surface area contributed by atoms with Crippen LogP contribution in [0.15, 0.2) is 54.6 Å². The molecule has 0 fully saturated rings. The summed E-state index contributed by atoms with van der Waals surface area (Å²) in [5, 5.41) is 0. The van der Waals surface area contributed by atoms with Crippen LogP contribution in [-0.2, 0) is 0 Å². The molecule has 0 bridgehead atoms. The minimum atomic E-state index is -4.49. The average molecular weight is 295 g/mol. The highest BCUT2D eigenvalue weighted by atomic mass is 19.4. The monoisotopic (exact) mass is 295 g/mol. The smallest absolute Gasteiger partial charge is 0.426 e. The maximum absolute atomic E-state index is 12.8. The maximum atomic E-state index is 12.8. The van der Waals surface area contributed by atoms with Gasteiger partial charge < -0.3 is 10.5 Å². The van der Waals surface area contributed by atoms with E-state index in [4.69, 9.17) is 10.5 Å². The Morgan fingerprint density at radius 1 is 0.905 bits per heavy atom. The van der Waals surface area contributed by atoms with E-state index >= 15 is 0 Å². The SMILES string of the molecule is CC(N)C(Oc1ccc(-c2ccccc2)cc1)C(F)(F)F. The van der Waals surface area contributed by atoms with E-state index in [0.29, 0.717) is 0 Å². The van der Waals surface area contributed by atoms with Crippen molar-refractivity contribution in [2.45, 2.75) is 25.2 Å². The zero-order valence-electron chi connectivity index (χ0n) is 11.5. The number of alkyl halides is 3. The molecule has 112 valence electrons. The lowest BCUT2D eigenvalue weighted by Crippen LogP contribution is -2.47. The molecule has 0 aromatic heterocycles. The number of hydrogen-bond acceptors (Lipinski definition) is 2. The van der Waals surface area contributed by atoms with E-state index in [2.05, 4.69) is 0 Å². The molecule has 0 aliphatic heterocycles. The molecule has 2 nitrogen and oxygen atoms in total. The van der Waals surface area contributed by atoms with E-state index in [1.807, 2.05) is 30.3 Å². The normalized spacial score (nSPS) is 14.5. The molecule has 0 saturated carbocycles. The van der Waals surface area contributed by atoms with Crippen LogP contribution >= 0.6 is 0 Å². The van der Waals surface area contributed by atoms with Crippen molar-refractivity contribution in [1.29, 1.82) is 0 Å². The molecule has 2 unspecified atom stereocenters. The van der Waals surface area contributed by atoms with Crippen molar-refractivity contribution < 1.29 is 17.9 Å². The lowest BCUT2D eigenvalue weighted by Gasteiger charge is -2.24. The number of ether oxygens (including phenoxy) is 1. The Labute approximate surface area is 121 Å². The van der Waals surface area contributed by atoms with Crippen LogP contribution in [0.1, 0.15) is 6.92 Å². The van der Waals surface area contributed by atoms with Crippen molar-refractivity contribution in [2.75, 3.05) is 0 Å². The highest BCUT2D eigenvalue weighted by molar-refractivity contribution is 5.63. The predicted molar refractivity (Wildman–Crippen MR) is 76.0 cm³/mol. The van der Waals surface area contributed by atoms with Gasteiger partial charge >= 0.3 is 6.18 Å². The molecule has 0 amide bonds. The summed E-state index contributed by atoms with van der Waals surface area (Å²) in [4.78, 5) is 0. The molecule has 0 aliphatic rings. The van der Waals surface area contributed by atoms with Crippen LogP contribution in [0.25, 0.3) is 11.1 Å². The number of rotatable bonds is 4. The van der Waals surface area contributed by atoms with Gasteiger partial charge in [0.1, 0.15) is 5.75 Å². The Balaban J connectivity index is 2.16. The second-order valence-corrected chi connectivity index (χ2v) is 4.83. The first-order chi connectivity index (χ1) is 9.88. The molecule has 0 aliphatic carbocycles. The van der Waals surface area contributed by atoms with Crippen molar-refractivity contribution in [3.05, 3.63) is 54.6 Å². The fraction of sp³-hybridized carbons (Fsp3) is 0.250. The fourth-order valence-corrected chi connectivity index (χ4v) is 1.98. The summed E-state index contributed by atoms with van der Waals surface area (Å²) in [6.07, 6.45) is -6.51. The van der Waals surface area contributed by atoms with Crippen LogP contribution in [0.5, 0.6) is 5.75 Å². The molecule has 2 atom stereocenters. The van der Waals surface area contributed by atoms with Gasteiger partial charge in [-0.1, -0.05) is 42.5 Å². The highest BCUT2D eigenvalue weighted by Gasteiger charge is 2.44. The lowest BCUT2D eigenvalue weighted by molar-refractivity contribution is -0.199. The van der Waals surface area contributed by atoms with E-state index in [9.17, 15) is 13.2 Å². The maximum Gasteiger partial charge on any atom is 0.426 e. The average Bonchev–Trinajstić information content (AvgIpc) is 2.45. The van der Waals surface area contributed by atoms with E-state index in [0.717, 1.165) is 11.1 Å². The van der Waals surface area contributed by atoms with Crippen LogP contribution in [0.2, 0.25) is 0 Å². The molecule has 0 heterocycles. The first-order valence-corrected chi connectivity index (χ1v) is 6.52. The topological polar surface area (TPSA) is 35.2 Å². The molecule has 2 aromatic carbocycles. The molecule has 0 radical (unpaired) electrons. The van der Waals surface area contributed by atoms with Crippen LogP contribution in [0.4, 0.5) is 13.2 Å². The Morgan fingerprint density at radius 3 is 1.90 bits per heavy atom. The van der Waals surface area contributed by atoms with E-state index in [1.54, 1.807) is 12.1 Å². The minimum Gasteiger partial charge on any atom is -0.479 e. The zero-order valence-corrected chi connectivity index (χ0v) is 11.5. The second-order valence-electron chi connectivity index (χ2n) is 4.83. The van der Waals surface area contributed by atoms with Gasteiger partial charge in [0.15, 0.2) is 0 Å². The van der Waals surface area contributed by atoms with E-state index in [-0.39, 0.29) is 5.75 Å². The zero-order chi connectivity index (χ0) is 15.5. The predicted octanol–water partition coefficient (Wildman–Crippen LogP) is 4.01. The summed E-state index contributed by atoms with van der Waals surface area (Å²) in [7, 11) is 0. The van der Waals surface area contributed by atoms with Gasteiger partial charge in [-0.25, -0.2) is 0 Å². The first-order valence-electron chi connectivity index (χ1n) is 6.52. The fourth-order valence-electron chi connectivity index (χ4n) is 1.98. The molecule has 5 heteroatoms. The number of hydrogen-bond donors (Lipinski definition) is 1. The van der Waals surface area contributed by atoms with Gasteiger partial charge in [0.2, 0.25) is 6.10 Å². The van der Waals surface area contributed by atoms with Gasteiger partial charge in [-0.2, -0.15) is 13.2 Å². The Kier molecular flexibility index (Phi) is 4.53. The molecular formula is C16H16F3NO. The van der Waals surface area contributed by atoms with E-state index < -0.39 is 18.3 Å². The standard InChI is InChI=1S/C16H16F3NO/c1-11(20)15(16(17,18)19)21-14-9-7-13(8-10-14)12-5-3-2-4-6-12/h2-11,15H,20H2,1H3. The third kappa shape index (κ3) is 3.98. The van der Waals surface area contributed by atoms with Gasteiger partial charge in [-0.3, -0.25) is 0 Å². The highest BCUT2D eigenvalue weighted by Crippen LogP contribution is 2.28. The molecule has 2 rings (SSSR count). The van der Waals surface area contributed by atoms with Crippen molar-refractivity contribution in [3.8, 4) is 16.9 Å². The second kappa shape index (κ2) is 6.18. The quantitative estimate of drug-likeness (QED) is 0.925. The molecular weight excluding hydrogens is 279 g/mol. The van der Waals surface area contributed by atoms with Crippen LogP contribution in [-0.4, -0.2) is 18.3 Å². The summed E-state index contributed by atoms with van der Waals surface area (Å²) >= 11 is 0. The van der Waals surface area contributed by atoms with Crippen LogP contribution in [0, 0.1) is 0 Å². The molecule has 2 N–H and O–H groups in total. The van der Waals surface area contributed by atoms with Crippen molar-refractivity contribution in [2.24, 2.45) is 5.73 Å². The summed E-state index contributed by atoms with van der Waals surface area (Å²) in [5.41, 5.74) is 7.25. The number of nitrogens with two attached hydrogens (primary N) is 1. The summed E-state index contributed by atoms with van der Waals surface area (Å²) in [5.74, 6) is 0.148. The van der Waals surface area contributed by atoms with Crippen LogP contribution in [0.3, 0.4) is 0 Å². The Morgan fingerprint density at radius 2 is 1.43 bits per heavy atom. The van der Waals surface area contributed by atoms with Gasteiger partial charge in [-0.05, 0) is 30.2 Å². The number of halogens is 3. The minimum absolute atomic E-state index is 0.148. The summed E-state index contributed by atoms with van der Waals surface area (Å²) in [6.45, 7) is 1.27. The van der Waals surface area contributed by atoms with Crippen molar-refractivity contribution in [1.82, 2.24) is 0 Å². The third-order valence-electron chi connectivity index (χ3n) is 3.02. The third-order valence-corrected chi connectivity index (χ3v) is 3.02. The van der Waals surface area contributed by atoms with Gasteiger partial charge in [0, 0.05) is 6.04 Å². The van der Waals surface area contributed by atoms with Gasteiger partial charge in [-0.15, -0.1) is 0 Å². The van der Waals surface area contributed by atoms with Gasteiger partial charge in [0.25, 0.3) is 0 Å². The Bertz CT molecular complexity index is 564. The first kappa shape index (κ1) is 15.4. The Hall–Kier alpha value is -2.01. The largest absolute Gasteiger partial charge is 0.479 e. The van der Waals surface area contributed by atoms with E-state index in [1.165, 1.54) is 19.1 Å². The molecule has 0 spiro atoms. The summed E-state index contributed by atoms with van der Waals surface area (Å²) < 4.78 is 43.4. The molecule has 21 heavy (non-hydrogen) atoms.